The van der Waals surface area contributed by atoms with Crippen LogP contribution in [0.3, 0.4) is 0 Å². The Hall–Kier alpha value is -2.77. The fourth-order valence-corrected chi connectivity index (χ4v) is 2.67. The molecule has 2 aromatic carbocycles. The van der Waals surface area contributed by atoms with Crippen molar-refractivity contribution < 1.29 is 19.1 Å². The second-order valence-electron chi connectivity index (χ2n) is 6.28. The standard InChI is InChI=1S/C20H21Cl2N3O4/c1-12-9-14(10-13(2)20(12)22)29-11-19(28)25-24-18(27)8-7-17(26)23-16-6-4-3-5-15(16)21/h3-6,9-10H,7-8,11H2,1-2H3,(H,23,26)(H,24,27)(H,25,28). The van der Waals surface area contributed by atoms with E-state index in [0.29, 0.717) is 21.5 Å². The molecule has 2 rings (SSSR count). The summed E-state index contributed by atoms with van der Waals surface area (Å²) in [6.07, 6.45) is -0.167. The molecule has 9 heteroatoms. The Bertz CT molecular complexity index is 895. The van der Waals surface area contributed by atoms with Gasteiger partial charge in [-0.25, -0.2) is 0 Å². The van der Waals surface area contributed by atoms with Gasteiger partial charge in [0.2, 0.25) is 11.8 Å². The zero-order valence-electron chi connectivity index (χ0n) is 16.0. The van der Waals surface area contributed by atoms with Gasteiger partial charge in [0.05, 0.1) is 10.7 Å². The van der Waals surface area contributed by atoms with E-state index in [2.05, 4.69) is 16.2 Å². The lowest BCUT2D eigenvalue weighted by Crippen LogP contribution is -2.44. The molecule has 0 spiro atoms. The Morgan fingerprint density at radius 2 is 1.48 bits per heavy atom. The number of carbonyl (C=O) groups is 3. The summed E-state index contributed by atoms with van der Waals surface area (Å²) in [6.45, 7) is 3.39. The van der Waals surface area contributed by atoms with Crippen LogP contribution in [0.2, 0.25) is 10.0 Å². The van der Waals surface area contributed by atoms with Crippen LogP contribution < -0.4 is 20.9 Å². The first-order chi connectivity index (χ1) is 13.8. The molecular weight excluding hydrogens is 417 g/mol. The fourth-order valence-electron chi connectivity index (χ4n) is 2.38. The molecule has 0 heterocycles. The van der Waals surface area contributed by atoms with Gasteiger partial charge >= 0.3 is 0 Å². The zero-order chi connectivity index (χ0) is 21.4. The molecule has 0 fully saturated rings. The van der Waals surface area contributed by atoms with Crippen molar-refractivity contribution in [2.24, 2.45) is 0 Å². The van der Waals surface area contributed by atoms with E-state index in [9.17, 15) is 14.4 Å². The molecule has 3 N–H and O–H groups in total. The van der Waals surface area contributed by atoms with Gasteiger partial charge in [-0.15, -0.1) is 0 Å². The van der Waals surface area contributed by atoms with E-state index in [0.717, 1.165) is 11.1 Å². The molecule has 0 unspecified atom stereocenters. The number of ether oxygens (including phenoxy) is 1. The van der Waals surface area contributed by atoms with E-state index in [1.54, 1.807) is 36.4 Å². The van der Waals surface area contributed by atoms with Crippen molar-refractivity contribution in [3.8, 4) is 5.75 Å². The van der Waals surface area contributed by atoms with Gasteiger partial charge in [-0.05, 0) is 49.2 Å². The number of anilines is 1. The summed E-state index contributed by atoms with van der Waals surface area (Å²) < 4.78 is 5.39. The minimum atomic E-state index is -0.538. The Morgan fingerprint density at radius 1 is 0.897 bits per heavy atom. The van der Waals surface area contributed by atoms with E-state index in [1.165, 1.54) is 0 Å². The van der Waals surface area contributed by atoms with Crippen molar-refractivity contribution in [3.05, 3.63) is 57.6 Å². The van der Waals surface area contributed by atoms with Crippen molar-refractivity contribution in [2.45, 2.75) is 26.7 Å². The van der Waals surface area contributed by atoms with E-state index in [4.69, 9.17) is 27.9 Å². The second-order valence-corrected chi connectivity index (χ2v) is 7.07. The third-order valence-electron chi connectivity index (χ3n) is 3.85. The number of para-hydroxylation sites is 1. The highest BCUT2D eigenvalue weighted by atomic mass is 35.5. The molecule has 29 heavy (non-hydrogen) atoms. The molecule has 2 aromatic rings. The number of carbonyl (C=O) groups excluding carboxylic acids is 3. The first-order valence-corrected chi connectivity index (χ1v) is 9.53. The second kappa shape index (κ2) is 10.7. The molecular formula is C20H21Cl2N3O4. The highest BCUT2D eigenvalue weighted by Crippen LogP contribution is 2.25. The van der Waals surface area contributed by atoms with E-state index >= 15 is 0 Å². The molecule has 3 amide bonds. The summed E-state index contributed by atoms with van der Waals surface area (Å²) in [5, 5.41) is 3.67. The maximum absolute atomic E-state index is 11.9. The van der Waals surface area contributed by atoms with Crippen LogP contribution >= 0.6 is 23.2 Å². The molecule has 0 bridgehead atoms. The number of halogens is 2. The van der Waals surface area contributed by atoms with Crippen LogP contribution in [0.15, 0.2) is 36.4 Å². The Morgan fingerprint density at radius 3 is 2.14 bits per heavy atom. The van der Waals surface area contributed by atoms with Gasteiger partial charge in [0.25, 0.3) is 5.91 Å². The molecule has 7 nitrogen and oxygen atoms in total. The number of benzene rings is 2. The van der Waals surface area contributed by atoms with Gasteiger partial charge in [0, 0.05) is 17.9 Å². The zero-order valence-corrected chi connectivity index (χ0v) is 17.5. The average Bonchev–Trinajstić information content (AvgIpc) is 2.69. The van der Waals surface area contributed by atoms with Crippen LogP contribution in [0.4, 0.5) is 5.69 Å². The number of hydrogen-bond acceptors (Lipinski definition) is 4. The first-order valence-electron chi connectivity index (χ1n) is 8.78. The number of nitrogens with one attached hydrogen (secondary N) is 3. The summed E-state index contributed by atoms with van der Waals surface area (Å²) in [6, 6.07) is 10.2. The van der Waals surface area contributed by atoms with Crippen molar-refractivity contribution in [1.82, 2.24) is 10.9 Å². The monoisotopic (exact) mass is 437 g/mol. The quantitative estimate of drug-likeness (QED) is 0.576. The van der Waals surface area contributed by atoms with Crippen LogP contribution in [0.1, 0.15) is 24.0 Å². The van der Waals surface area contributed by atoms with Crippen LogP contribution in [0.5, 0.6) is 5.75 Å². The predicted octanol–water partition coefficient (Wildman–Crippen LogP) is 3.56. The van der Waals surface area contributed by atoms with E-state index in [-0.39, 0.29) is 25.4 Å². The smallest absolute Gasteiger partial charge is 0.276 e. The molecule has 154 valence electrons. The minimum Gasteiger partial charge on any atom is -0.484 e. The van der Waals surface area contributed by atoms with Gasteiger partial charge in [-0.3, -0.25) is 25.2 Å². The Labute approximate surface area is 178 Å². The van der Waals surface area contributed by atoms with Gasteiger partial charge in [0.1, 0.15) is 5.75 Å². The summed E-state index contributed by atoms with van der Waals surface area (Å²) in [5.74, 6) is -0.909. The number of amides is 3. The average molecular weight is 438 g/mol. The van der Waals surface area contributed by atoms with Gasteiger partial charge in [0.15, 0.2) is 6.61 Å². The Kier molecular flexibility index (Phi) is 8.30. The minimum absolute atomic E-state index is 0.0627. The molecule has 0 aliphatic rings. The topological polar surface area (TPSA) is 96.5 Å². The SMILES string of the molecule is Cc1cc(OCC(=O)NNC(=O)CCC(=O)Nc2ccccc2Cl)cc(C)c1Cl. The fraction of sp³-hybridized carbons (Fsp3) is 0.250. The predicted molar refractivity (Wildman–Crippen MR) is 112 cm³/mol. The van der Waals surface area contributed by atoms with Crippen molar-refractivity contribution in [1.29, 1.82) is 0 Å². The van der Waals surface area contributed by atoms with E-state index in [1.807, 2.05) is 13.8 Å². The van der Waals surface area contributed by atoms with Crippen LogP contribution in [0.25, 0.3) is 0 Å². The lowest BCUT2D eigenvalue weighted by atomic mass is 10.1. The molecule has 0 aliphatic carbocycles. The van der Waals surface area contributed by atoms with Crippen LogP contribution in [0, 0.1) is 13.8 Å². The van der Waals surface area contributed by atoms with Crippen LogP contribution in [-0.4, -0.2) is 24.3 Å². The Balaban J connectivity index is 1.68. The molecule has 0 radical (unpaired) electrons. The molecule has 0 aliphatic heterocycles. The maximum Gasteiger partial charge on any atom is 0.276 e. The van der Waals surface area contributed by atoms with Crippen molar-refractivity contribution in [3.63, 3.8) is 0 Å². The highest BCUT2D eigenvalue weighted by molar-refractivity contribution is 6.33. The number of rotatable bonds is 7. The third-order valence-corrected chi connectivity index (χ3v) is 4.77. The number of aryl methyl sites for hydroxylation is 2. The highest BCUT2D eigenvalue weighted by Gasteiger charge is 2.11. The molecule has 0 saturated heterocycles. The van der Waals surface area contributed by atoms with Gasteiger partial charge < -0.3 is 10.1 Å². The first kappa shape index (κ1) is 22.5. The molecule has 0 saturated carbocycles. The number of hydrazine groups is 1. The van der Waals surface area contributed by atoms with Crippen LogP contribution in [-0.2, 0) is 14.4 Å². The summed E-state index contributed by atoms with van der Waals surface area (Å²) in [7, 11) is 0. The lowest BCUT2D eigenvalue weighted by molar-refractivity contribution is -0.130. The third kappa shape index (κ3) is 7.29. The largest absolute Gasteiger partial charge is 0.484 e. The normalized spacial score (nSPS) is 10.2. The maximum atomic E-state index is 11.9. The lowest BCUT2D eigenvalue weighted by Gasteiger charge is -2.11. The van der Waals surface area contributed by atoms with Gasteiger partial charge in [-0.1, -0.05) is 35.3 Å². The summed E-state index contributed by atoms with van der Waals surface area (Å²) in [5.41, 5.74) is 6.62. The van der Waals surface area contributed by atoms with E-state index < -0.39 is 11.8 Å². The van der Waals surface area contributed by atoms with Crippen molar-refractivity contribution in [2.75, 3.05) is 11.9 Å². The number of hydrogen-bond donors (Lipinski definition) is 3. The summed E-state index contributed by atoms with van der Waals surface area (Å²) in [4.78, 5) is 35.5. The summed E-state index contributed by atoms with van der Waals surface area (Å²) >= 11 is 12.0. The molecule has 0 aromatic heterocycles. The van der Waals surface area contributed by atoms with Crippen molar-refractivity contribution >= 4 is 46.6 Å². The molecule has 0 atom stereocenters. The van der Waals surface area contributed by atoms with Gasteiger partial charge in [-0.2, -0.15) is 0 Å².